The zero-order chi connectivity index (χ0) is 10.6. The summed E-state index contributed by atoms with van der Waals surface area (Å²) in [5.74, 6) is 0.575. The molecule has 5 nitrogen and oxygen atoms in total. The Labute approximate surface area is 83.5 Å². The van der Waals surface area contributed by atoms with Gasteiger partial charge in [0.2, 0.25) is 5.91 Å². The molecular weight excluding hydrogens is 180 g/mol. The van der Waals surface area contributed by atoms with Crippen molar-refractivity contribution >= 4 is 11.7 Å². The second kappa shape index (κ2) is 4.76. The van der Waals surface area contributed by atoms with Crippen molar-refractivity contribution in [2.75, 3.05) is 12.4 Å². The summed E-state index contributed by atoms with van der Waals surface area (Å²) in [4.78, 5) is 11.4. The van der Waals surface area contributed by atoms with E-state index in [-0.39, 0.29) is 11.9 Å². The van der Waals surface area contributed by atoms with E-state index in [0.29, 0.717) is 12.2 Å². The zero-order valence-electron chi connectivity index (χ0n) is 8.74. The van der Waals surface area contributed by atoms with Crippen molar-refractivity contribution < 1.29 is 4.79 Å². The second-order valence-electron chi connectivity index (χ2n) is 3.32. The molecule has 0 aromatic carbocycles. The Hall–Kier alpha value is -1.36. The minimum absolute atomic E-state index is 0.0226. The van der Waals surface area contributed by atoms with Crippen LogP contribution in [0.2, 0.25) is 0 Å². The van der Waals surface area contributed by atoms with E-state index >= 15 is 0 Å². The van der Waals surface area contributed by atoms with Gasteiger partial charge in [-0.05, 0) is 14.0 Å². The predicted molar refractivity (Wildman–Crippen MR) is 55.0 cm³/mol. The van der Waals surface area contributed by atoms with Gasteiger partial charge in [0.25, 0.3) is 0 Å². The summed E-state index contributed by atoms with van der Waals surface area (Å²) >= 11 is 0. The SMILES string of the molecule is CNC(C)CC(=O)Nc1ccn(C)n1. The van der Waals surface area contributed by atoms with E-state index < -0.39 is 0 Å². The van der Waals surface area contributed by atoms with Gasteiger partial charge >= 0.3 is 0 Å². The number of anilines is 1. The first-order valence-corrected chi connectivity index (χ1v) is 4.58. The summed E-state index contributed by atoms with van der Waals surface area (Å²) in [6, 6.07) is 1.95. The van der Waals surface area contributed by atoms with Gasteiger partial charge in [-0.15, -0.1) is 0 Å². The van der Waals surface area contributed by atoms with Crippen molar-refractivity contribution in [3.05, 3.63) is 12.3 Å². The van der Waals surface area contributed by atoms with Crippen molar-refractivity contribution in [1.82, 2.24) is 15.1 Å². The molecule has 0 aliphatic rings. The smallest absolute Gasteiger partial charge is 0.227 e. The summed E-state index contributed by atoms with van der Waals surface area (Å²) in [7, 11) is 3.64. The first-order chi connectivity index (χ1) is 6.61. The van der Waals surface area contributed by atoms with Gasteiger partial charge in [0.15, 0.2) is 5.82 Å². The molecule has 14 heavy (non-hydrogen) atoms. The van der Waals surface area contributed by atoms with Crippen LogP contribution in [0.25, 0.3) is 0 Å². The van der Waals surface area contributed by atoms with E-state index in [0.717, 1.165) is 0 Å². The van der Waals surface area contributed by atoms with Gasteiger partial charge in [0.1, 0.15) is 0 Å². The van der Waals surface area contributed by atoms with Gasteiger partial charge in [-0.25, -0.2) is 0 Å². The van der Waals surface area contributed by atoms with Crippen molar-refractivity contribution in [2.24, 2.45) is 7.05 Å². The number of carbonyl (C=O) groups is 1. The Morgan fingerprint density at radius 3 is 2.93 bits per heavy atom. The fraction of sp³-hybridized carbons (Fsp3) is 0.556. The zero-order valence-corrected chi connectivity index (χ0v) is 8.74. The molecule has 1 aromatic heterocycles. The molecule has 2 N–H and O–H groups in total. The molecule has 0 aliphatic heterocycles. The number of nitrogens with zero attached hydrogens (tertiary/aromatic N) is 2. The Kier molecular flexibility index (Phi) is 3.64. The van der Waals surface area contributed by atoms with Crippen LogP contribution in [0.15, 0.2) is 12.3 Å². The monoisotopic (exact) mass is 196 g/mol. The maximum atomic E-state index is 11.4. The Balaban J connectivity index is 2.41. The summed E-state index contributed by atoms with van der Waals surface area (Å²) < 4.78 is 1.65. The first-order valence-electron chi connectivity index (χ1n) is 4.58. The van der Waals surface area contributed by atoms with Crippen LogP contribution >= 0.6 is 0 Å². The third-order valence-corrected chi connectivity index (χ3v) is 1.97. The number of amides is 1. The maximum absolute atomic E-state index is 11.4. The normalized spacial score (nSPS) is 12.5. The fourth-order valence-electron chi connectivity index (χ4n) is 1.06. The van der Waals surface area contributed by atoms with Crippen LogP contribution in [0.4, 0.5) is 5.82 Å². The van der Waals surface area contributed by atoms with Crippen LogP contribution in [-0.2, 0) is 11.8 Å². The van der Waals surface area contributed by atoms with Crippen molar-refractivity contribution in [3.63, 3.8) is 0 Å². The highest BCUT2D eigenvalue weighted by Gasteiger charge is 2.07. The molecule has 78 valence electrons. The molecule has 5 heteroatoms. The van der Waals surface area contributed by atoms with Gasteiger partial charge in [-0.1, -0.05) is 0 Å². The molecule has 1 aromatic rings. The molecule has 0 saturated carbocycles. The molecule has 1 atom stereocenters. The van der Waals surface area contributed by atoms with Crippen LogP contribution in [0.1, 0.15) is 13.3 Å². The standard InChI is InChI=1S/C9H16N4O/c1-7(10-2)6-9(14)11-8-4-5-13(3)12-8/h4-5,7,10H,6H2,1-3H3,(H,11,12,14). The largest absolute Gasteiger partial charge is 0.317 e. The van der Waals surface area contributed by atoms with Gasteiger partial charge in [0, 0.05) is 31.8 Å². The van der Waals surface area contributed by atoms with E-state index in [1.165, 1.54) is 0 Å². The van der Waals surface area contributed by atoms with E-state index in [1.54, 1.807) is 16.9 Å². The van der Waals surface area contributed by atoms with Crippen molar-refractivity contribution in [1.29, 1.82) is 0 Å². The number of carbonyl (C=O) groups excluding carboxylic acids is 1. The number of hydrogen-bond donors (Lipinski definition) is 2. The average molecular weight is 196 g/mol. The second-order valence-corrected chi connectivity index (χ2v) is 3.32. The lowest BCUT2D eigenvalue weighted by Gasteiger charge is -2.08. The van der Waals surface area contributed by atoms with Gasteiger partial charge < -0.3 is 10.6 Å². The van der Waals surface area contributed by atoms with E-state index in [1.807, 2.05) is 21.0 Å². The van der Waals surface area contributed by atoms with E-state index in [2.05, 4.69) is 15.7 Å². The third-order valence-electron chi connectivity index (χ3n) is 1.97. The Morgan fingerprint density at radius 1 is 1.71 bits per heavy atom. The summed E-state index contributed by atoms with van der Waals surface area (Å²) in [6.45, 7) is 1.96. The molecule has 1 rings (SSSR count). The molecule has 1 amide bonds. The third kappa shape index (κ3) is 3.18. The van der Waals surface area contributed by atoms with Gasteiger partial charge in [0.05, 0.1) is 0 Å². The summed E-state index contributed by atoms with van der Waals surface area (Å²) in [6.07, 6.45) is 2.24. The molecule has 0 spiro atoms. The quantitative estimate of drug-likeness (QED) is 0.731. The number of nitrogens with one attached hydrogen (secondary N) is 2. The molecule has 1 heterocycles. The van der Waals surface area contributed by atoms with Crippen molar-refractivity contribution in [2.45, 2.75) is 19.4 Å². The summed E-state index contributed by atoms with van der Waals surface area (Å²) in [5.41, 5.74) is 0. The van der Waals surface area contributed by atoms with Crippen LogP contribution in [0, 0.1) is 0 Å². The van der Waals surface area contributed by atoms with Crippen LogP contribution in [-0.4, -0.2) is 28.8 Å². The van der Waals surface area contributed by atoms with Gasteiger partial charge in [-0.2, -0.15) is 5.10 Å². The molecule has 1 unspecified atom stereocenters. The predicted octanol–water partition coefficient (Wildman–Crippen LogP) is 0.357. The molecular formula is C9H16N4O. The lowest BCUT2D eigenvalue weighted by atomic mass is 10.2. The molecule has 0 aliphatic carbocycles. The maximum Gasteiger partial charge on any atom is 0.227 e. The van der Waals surface area contributed by atoms with Crippen molar-refractivity contribution in [3.8, 4) is 0 Å². The topological polar surface area (TPSA) is 59.0 Å². The molecule has 0 bridgehead atoms. The lowest BCUT2D eigenvalue weighted by molar-refractivity contribution is -0.116. The minimum Gasteiger partial charge on any atom is -0.317 e. The highest BCUT2D eigenvalue weighted by molar-refractivity contribution is 5.90. The lowest BCUT2D eigenvalue weighted by Crippen LogP contribution is -2.27. The highest BCUT2D eigenvalue weighted by atomic mass is 16.1. The first kappa shape index (κ1) is 10.7. The minimum atomic E-state index is -0.0226. The van der Waals surface area contributed by atoms with E-state index in [4.69, 9.17) is 0 Å². The van der Waals surface area contributed by atoms with Crippen LogP contribution in [0.5, 0.6) is 0 Å². The Morgan fingerprint density at radius 2 is 2.43 bits per heavy atom. The molecule has 0 fully saturated rings. The van der Waals surface area contributed by atoms with Gasteiger partial charge in [-0.3, -0.25) is 9.48 Å². The summed E-state index contributed by atoms with van der Waals surface area (Å²) in [5, 5.41) is 9.77. The molecule has 0 saturated heterocycles. The van der Waals surface area contributed by atoms with E-state index in [9.17, 15) is 4.79 Å². The number of aryl methyl sites for hydroxylation is 1. The average Bonchev–Trinajstić information content (AvgIpc) is 2.50. The number of rotatable bonds is 4. The Bertz CT molecular complexity index is 308. The molecule has 0 radical (unpaired) electrons. The van der Waals surface area contributed by atoms with Crippen LogP contribution in [0.3, 0.4) is 0 Å². The number of hydrogen-bond acceptors (Lipinski definition) is 3. The highest BCUT2D eigenvalue weighted by Crippen LogP contribution is 2.02. The fourth-order valence-corrected chi connectivity index (χ4v) is 1.06. The number of aromatic nitrogens is 2. The van der Waals surface area contributed by atoms with Crippen LogP contribution < -0.4 is 10.6 Å².